The third kappa shape index (κ3) is 2.48. The fourth-order valence-electron chi connectivity index (χ4n) is 3.10. The maximum Gasteiger partial charge on any atom is 0.324 e. The summed E-state index contributed by atoms with van der Waals surface area (Å²) in [5.41, 5.74) is 0. The highest BCUT2D eigenvalue weighted by molar-refractivity contribution is 5.27. The molecule has 1 saturated heterocycles. The van der Waals surface area contributed by atoms with E-state index in [4.69, 9.17) is 4.52 Å². The molecule has 0 radical (unpaired) electrons. The largest absolute Gasteiger partial charge is 0.324 e. The van der Waals surface area contributed by atoms with Gasteiger partial charge in [0.2, 0.25) is 0 Å². The lowest BCUT2D eigenvalue weighted by atomic mass is 9.96. The molecule has 1 aliphatic carbocycles. The average Bonchev–Trinajstić information content (AvgIpc) is 3.06. The van der Waals surface area contributed by atoms with Gasteiger partial charge in [0.15, 0.2) is 5.82 Å². The van der Waals surface area contributed by atoms with Gasteiger partial charge in [0.1, 0.15) is 12.2 Å². The minimum Gasteiger partial charge on any atom is -0.324 e. The van der Waals surface area contributed by atoms with Gasteiger partial charge in [-0.1, -0.05) is 19.0 Å². The summed E-state index contributed by atoms with van der Waals surface area (Å²) in [6, 6.07) is 1.30. The monoisotopic (exact) mass is 302 g/mol. The van der Waals surface area contributed by atoms with E-state index < -0.39 is 0 Å². The van der Waals surface area contributed by atoms with Gasteiger partial charge >= 0.3 is 6.01 Å². The molecule has 2 aromatic rings. The Kier molecular flexibility index (Phi) is 3.35. The Labute approximate surface area is 129 Å². The molecule has 2 aromatic heterocycles. The van der Waals surface area contributed by atoms with E-state index in [1.165, 1.54) is 12.8 Å². The van der Waals surface area contributed by atoms with Crippen LogP contribution in [0.1, 0.15) is 69.1 Å². The lowest BCUT2D eigenvalue weighted by Gasteiger charge is -2.30. The first kappa shape index (κ1) is 13.7. The first-order chi connectivity index (χ1) is 10.7. The summed E-state index contributed by atoms with van der Waals surface area (Å²) in [5.74, 6) is 2.74. The predicted octanol–water partition coefficient (Wildman–Crippen LogP) is 2.50. The molecule has 0 unspecified atom stereocenters. The summed E-state index contributed by atoms with van der Waals surface area (Å²) < 4.78 is 7.68. The lowest BCUT2D eigenvalue weighted by Crippen LogP contribution is -2.34. The van der Waals surface area contributed by atoms with E-state index in [9.17, 15) is 0 Å². The first-order valence-electron chi connectivity index (χ1n) is 8.20. The molecule has 0 atom stereocenters. The minimum atomic E-state index is 0.298. The van der Waals surface area contributed by atoms with Gasteiger partial charge in [0, 0.05) is 31.0 Å². The van der Waals surface area contributed by atoms with Crippen molar-refractivity contribution < 1.29 is 4.52 Å². The Morgan fingerprint density at radius 3 is 2.59 bits per heavy atom. The van der Waals surface area contributed by atoms with E-state index in [2.05, 4.69) is 43.7 Å². The molecule has 2 fully saturated rings. The van der Waals surface area contributed by atoms with E-state index in [0.29, 0.717) is 23.9 Å². The van der Waals surface area contributed by atoms with Gasteiger partial charge in [-0.2, -0.15) is 4.98 Å². The number of nitrogens with zero attached hydrogens (tertiary/aromatic N) is 6. The average molecular weight is 302 g/mol. The highest BCUT2D eigenvalue weighted by Crippen LogP contribution is 2.38. The molecule has 0 N–H and O–H groups in total. The van der Waals surface area contributed by atoms with Gasteiger partial charge in [-0.05, 0) is 25.7 Å². The van der Waals surface area contributed by atoms with Crippen LogP contribution in [-0.2, 0) is 0 Å². The number of hydrogen-bond donors (Lipinski definition) is 0. The van der Waals surface area contributed by atoms with Crippen LogP contribution in [0.2, 0.25) is 0 Å². The summed E-state index contributed by atoms with van der Waals surface area (Å²) in [6.07, 6.45) is 6.55. The molecular weight excluding hydrogens is 280 g/mol. The van der Waals surface area contributed by atoms with Crippen molar-refractivity contribution in [1.29, 1.82) is 0 Å². The minimum absolute atomic E-state index is 0.298. The van der Waals surface area contributed by atoms with Crippen LogP contribution in [0.4, 0.5) is 6.01 Å². The molecule has 7 nitrogen and oxygen atoms in total. The van der Waals surface area contributed by atoms with Gasteiger partial charge in [-0.3, -0.25) is 0 Å². The Hall–Kier alpha value is -1.92. The summed E-state index contributed by atoms with van der Waals surface area (Å²) in [4.78, 5) is 6.68. The zero-order chi connectivity index (χ0) is 15.1. The van der Waals surface area contributed by atoms with Gasteiger partial charge in [-0.15, -0.1) is 10.2 Å². The number of aromatic nitrogens is 5. The van der Waals surface area contributed by atoms with Crippen LogP contribution in [0.15, 0.2) is 10.9 Å². The predicted molar refractivity (Wildman–Crippen MR) is 80.9 cm³/mol. The second-order valence-electron chi connectivity index (χ2n) is 6.68. The van der Waals surface area contributed by atoms with Crippen LogP contribution >= 0.6 is 0 Å². The molecule has 0 amide bonds. The van der Waals surface area contributed by atoms with Crippen LogP contribution in [0.3, 0.4) is 0 Å². The summed E-state index contributed by atoms with van der Waals surface area (Å²) in [6.45, 7) is 6.01. The van der Waals surface area contributed by atoms with E-state index >= 15 is 0 Å². The summed E-state index contributed by atoms with van der Waals surface area (Å²) in [5, 5.41) is 12.5. The molecule has 1 aliphatic heterocycles. The standard InChI is InChI=1S/C15H22N6O/c1-10(2)13-17-15(22-19-13)20-7-5-11(6-8-20)14-18-16-9-21(14)12-3-4-12/h9-12H,3-8H2,1-2H3. The zero-order valence-electron chi connectivity index (χ0n) is 13.1. The van der Waals surface area contributed by atoms with Crippen LogP contribution in [-0.4, -0.2) is 38.0 Å². The quantitative estimate of drug-likeness (QED) is 0.864. The molecule has 3 heterocycles. The molecule has 0 spiro atoms. The number of hydrogen-bond acceptors (Lipinski definition) is 6. The third-order valence-corrected chi connectivity index (χ3v) is 4.62. The lowest BCUT2D eigenvalue weighted by molar-refractivity contribution is 0.382. The molecule has 4 rings (SSSR count). The fraction of sp³-hybridized carbons (Fsp3) is 0.733. The molecule has 118 valence electrons. The Bertz CT molecular complexity index is 636. The summed E-state index contributed by atoms with van der Waals surface area (Å²) >= 11 is 0. The number of anilines is 1. The van der Waals surface area contributed by atoms with E-state index in [1.54, 1.807) is 0 Å². The summed E-state index contributed by atoms with van der Waals surface area (Å²) in [7, 11) is 0. The molecule has 2 aliphatic rings. The topological polar surface area (TPSA) is 72.9 Å². The van der Waals surface area contributed by atoms with Crippen LogP contribution in [0.25, 0.3) is 0 Å². The molecule has 0 bridgehead atoms. The second kappa shape index (κ2) is 5.37. The van der Waals surface area contributed by atoms with Crippen molar-refractivity contribution in [3.05, 3.63) is 18.0 Å². The van der Waals surface area contributed by atoms with Crippen molar-refractivity contribution in [3.63, 3.8) is 0 Å². The van der Waals surface area contributed by atoms with E-state index in [1.807, 2.05) is 6.33 Å². The highest BCUT2D eigenvalue weighted by atomic mass is 16.5. The Morgan fingerprint density at radius 2 is 1.95 bits per heavy atom. The fourth-order valence-corrected chi connectivity index (χ4v) is 3.10. The maximum absolute atomic E-state index is 5.39. The van der Waals surface area contributed by atoms with Crippen molar-refractivity contribution in [3.8, 4) is 0 Å². The smallest absolute Gasteiger partial charge is 0.324 e. The van der Waals surface area contributed by atoms with Crippen molar-refractivity contribution in [2.75, 3.05) is 18.0 Å². The van der Waals surface area contributed by atoms with Crippen molar-refractivity contribution in [2.24, 2.45) is 0 Å². The van der Waals surface area contributed by atoms with Crippen molar-refractivity contribution >= 4 is 6.01 Å². The SMILES string of the molecule is CC(C)c1noc(N2CCC(c3nncn3C3CC3)CC2)n1. The van der Waals surface area contributed by atoms with Crippen LogP contribution < -0.4 is 4.90 Å². The highest BCUT2D eigenvalue weighted by Gasteiger charge is 2.31. The third-order valence-electron chi connectivity index (χ3n) is 4.62. The van der Waals surface area contributed by atoms with E-state index in [-0.39, 0.29) is 0 Å². The van der Waals surface area contributed by atoms with Gasteiger partial charge in [-0.25, -0.2) is 0 Å². The normalized spacial score (nSPS) is 20.0. The van der Waals surface area contributed by atoms with Gasteiger partial charge in [0.25, 0.3) is 0 Å². The second-order valence-corrected chi connectivity index (χ2v) is 6.68. The van der Waals surface area contributed by atoms with Crippen LogP contribution in [0, 0.1) is 0 Å². The number of rotatable bonds is 4. The molecule has 22 heavy (non-hydrogen) atoms. The van der Waals surface area contributed by atoms with E-state index in [0.717, 1.165) is 37.6 Å². The Morgan fingerprint density at radius 1 is 1.18 bits per heavy atom. The Balaban J connectivity index is 1.42. The first-order valence-corrected chi connectivity index (χ1v) is 8.20. The van der Waals surface area contributed by atoms with Crippen LogP contribution in [0.5, 0.6) is 0 Å². The molecule has 1 saturated carbocycles. The van der Waals surface area contributed by atoms with Crippen molar-refractivity contribution in [1.82, 2.24) is 24.9 Å². The molecular formula is C15H22N6O. The van der Waals surface area contributed by atoms with Gasteiger partial charge < -0.3 is 14.0 Å². The molecule has 7 heteroatoms. The van der Waals surface area contributed by atoms with Gasteiger partial charge in [0.05, 0.1) is 0 Å². The van der Waals surface area contributed by atoms with Crippen molar-refractivity contribution in [2.45, 2.75) is 57.4 Å². The number of piperidine rings is 1. The zero-order valence-corrected chi connectivity index (χ0v) is 13.1. The molecule has 0 aromatic carbocycles. The maximum atomic E-state index is 5.39.